The molecule has 1 saturated heterocycles. The molecule has 3 aromatic rings. The van der Waals surface area contributed by atoms with Gasteiger partial charge in [0.25, 0.3) is 0 Å². The third-order valence-corrected chi connectivity index (χ3v) is 5.45. The molecule has 3 aromatic heterocycles. The minimum absolute atomic E-state index is 0.861. The van der Waals surface area contributed by atoms with Crippen LogP contribution in [0.15, 0.2) is 19.0 Å². The van der Waals surface area contributed by atoms with Crippen LogP contribution < -0.4 is 9.80 Å². The quantitative estimate of drug-likeness (QED) is 0.708. The van der Waals surface area contributed by atoms with Crippen LogP contribution in [-0.4, -0.2) is 55.7 Å². The van der Waals surface area contributed by atoms with Crippen LogP contribution in [0.2, 0.25) is 0 Å². The third kappa shape index (κ3) is 2.40. The van der Waals surface area contributed by atoms with Gasteiger partial charge in [0.15, 0.2) is 17.0 Å². The van der Waals surface area contributed by atoms with Gasteiger partial charge in [0, 0.05) is 44.0 Å². The average Bonchev–Trinajstić information content (AvgIpc) is 3.34. The molecule has 0 spiro atoms. The second-order valence-electron chi connectivity index (χ2n) is 6.85. The number of hydrogen-bond acceptors (Lipinski definition) is 7. The maximum absolute atomic E-state index is 4.59. The van der Waals surface area contributed by atoms with Gasteiger partial charge in [0.05, 0.1) is 6.33 Å². The monoisotopic (exact) mass is 350 g/mol. The normalized spacial score (nSPS) is 17.1. The first-order valence-electron chi connectivity index (χ1n) is 9.33. The van der Waals surface area contributed by atoms with Crippen molar-refractivity contribution in [3.63, 3.8) is 0 Å². The number of aromatic nitrogens is 6. The number of nitrogens with zero attached hydrogens (tertiary/aromatic N) is 8. The van der Waals surface area contributed by atoms with E-state index in [0.29, 0.717) is 0 Å². The van der Waals surface area contributed by atoms with Crippen LogP contribution in [-0.2, 0) is 19.4 Å². The molecule has 0 bridgehead atoms. The summed E-state index contributed by atoms with van der Waals surface area (Å²) in [6.07, 6.45) is 8.60. The maximum atomic E-state index is 4.59. The lowest BCUT2D eigenvalue weighted by Crippen LogP contribution is -2.47. The van der Waals surface area contributed by atoms with E-state index in [9.17, 15) is 0 Å². The molecule has 1 aliphatic carbocycles. The molecule has 1 fully saturated rings. The van der Waals surface area contributed by atoms with Crippen LogP contribution in [0.25, 0.3) is 11.2 Å². The molecule has 26 heavy (non-hydrogen) atoms. The topological polar surface area (TPSA) is 75.9 Å². The number of aryl methyl sites for hydroxylation is 2. The van der Waals surface area contributed by atoms with Crippen LogP contribution in [0, 0.1) is 0 Å². The summed E-state index contributed by atoms with van der Waals surface area (Å²) in [6.45, 7) is 6.64. The van der Waals surface area contributed by atoms with Crippen molar-refractivity contribution in [3.8, 4) is 0 Å². The number of piperazine rings is 1. The van der Waals surface area contributed by atoms with E-state index in [-0.39, 0.29) is 0 Å². The fourth-order valence-corrected chi connectivity index (χ4v) is 4.08. The van der Waals surface area contributed by atoms with Crippen molar-refractivity contribution in [3.05, 3.63) is 30.2 Å². The second kappa shape index (κ2) is 6.19. The van der Waals surface area contributed by atoms with Crippen molar-refractivity contribution in [2.75, 3.05) is 36.0 Å². The van der Waals surface area contributed by atoms with Gasteiger partial charge in [-0.2, -0.15) is 0 Å². The molecule has 8 nitrogen and oxygen atoms in total. The van der Waals surface area contributed by atoms with E-state index in [4.69, 9.17) is 0 Å². The molecule has 0 saturated carbocycles. The summed E-state index contributed by atoms with van der Waals surface area (Å²) >= 11 is 0. The van der Waals surface area contributed by atoms with Gasteiger partial charge in [0.2, 0.25) is 0 Å². The van der Waals surface area contributed by atoms with Crippen molar-refractivity contribution in [1.82, 2.24) is 29.5 Å². The lowest BCUT2D eigenvalue weighted by molar-refractivity contribution is 0.639. The Bertz CT molecular complexity index is 942. The minimum atomic E-state index is 0.861. The molecule has 0 unspecified atom stereocenters. The van der Waals surface area contributed by atoms with Crippen LogP contribution in [0.5, 0.6) is 0 Å². The summed E-state index contributed by atoms with van der Waals surface area (Å²) in [5, 5.41) is 0. The molecule has 0 amide bonds. The van der Waals surface area contributed by atoms with Gasteiger partial charge in [-0.15, -0.1) is 0 Å². The van der Waals surface area contributed by atoms with Crippen molar-refractivity contribution >= 4 is 22.8 Å². The van der Waals surface area contributed by atoms with Crippen LogP contribution >= 0.6 is 0 Å². The molecule has 2 aliphatic rings. The van der Waals surface area contributed by atoms with Crippen molar-refractivity contribution in [2.24, 2.45) is 0 Å². The maximum Gasteiger partial charge on any atom is 0.165 e. The predicted molar refractivity (Wildman–Crippen MR) is 99.5 cm³/mol. The number of hydrogen-bond donors (Lipinski definition) is 0. The summed E-state index contributed by atoms with van der Waals surface area (Å²) < 4.78 is 2.06. The van der Waals surface area contributed by atoms with Gasteiger partial charge < -0.3 is 14.4 Å². The molecule has 0 aromatic carbocycles. The Morgan fingerprint density at radius 1 is 0.846 bits per heavy atom. The zero-order valence-corrected chi connectivity index (χ0v) is 15.0. The Morgan fingerprint density at radius 2 is 1.58 bits per heavy atom. The van der Waals surface area contributed by atoms with Gasteiger partial charge in [-0.05, 0) is 26.2 Å². The van der Waals surface area contributed by atoms with Crippen LogP contribution in [0.1, 0.15) is 24.6 Å². The lowest BCUT2D eigenvalue weighted by atomic mass is 10.2. The van der Waals surface area contributed by atoms with Gasteiger partial charge in [0.1, 0.15) is 18.5 Å². The van der Waals surface area contributed by atoms with E-state index in [1.165, 1.54) is 17.7 Å². The standard InChI is InChI=1S/C18H22N8/c1-2-24-12-23-15-17(24)21-11-22-18(15)26-8-6-25(7-9-26)16-13-4-3-5-14(13)19-10-20-16/h10-12H,2-9H2,1H3. The molecular formula is C18H22N8. The van der Waals surface area contributed by atoms with E-state index in [2.05, 4.69) is 46.2 Å². The molecule has 5 rings (SSSR count). The smallest absolute Gasteiger partial charge is 0.165 e. The largest absolute Gasteiger partial charge is 0.353 e. The Labute approximate surface area is 151 Å². The summed E-state index contributed by atoms with van der Waals surface area (Å²) in [5.74, 6) is 2.07. The highest BCUT2D eigenvalue weighted by Gasteiger charge is 2.26. The first-order chi connectivity index (χ1) is 12.8. The molecule has 134 valence electrons. The van der Waals surface area contributed by atoms with Gasteiger partial charge >= 0.3 is 0 Å². The van der Waals surface area contributed by atoms with E-state index in [1.807, 2.05) is 6.33 Å². The van der Waals surface area contributed by atoms with Crippen molar-refractivity contribution < 1.29 is 0 Å². The number of anilines is 2. The Hall–Kier alpha value is -2.77. The van der Waals surface area contributed by atoms with E-state index in [1.54, 1.807) is 12.7 Å². The van der Waals surface area contributed by atoms with E-state index in [0.717, 1.165) is 68.4 Å². The minimum Gasteiger partial charge on any atom is -0.353 e. The summed E-state index contributed by atoms with van der Waals surface area (Å²) in [5.41, 5.74) is 4.39. The van der Waals surface area contributed by atoms with E-state index < -0.39 is 0 Å². The molecule has 0 atom stereocenters. The molecular weight excluding hydrogens is 328 g/mol. The Balaban J connectivity index is 1.38. The molecule has 0 N–H and O–H groups in total. The average molecular weight is 350 g/mol. The highest BCUT2D eigenvalue weighted by Crippen LogP contribution is 2.29. The first kappa shape index (κ1) is 15.5. The number of fused-ring (bicyclic) bond motifs is 2. The highest BCUT2D eigenvalue weighted by molar-refractivity contribution is 5.83. The number of rotatable bonds is 3. The summed E-state index contributed by atoms with van der Waals surface area (Å²) in [4.78, 5) is 27.2. The molecule has 1 aliphatic heterocycles. The SMILES string of the molecule is CCn1cnc2c(N3CCN(c4ncnc5c4CCC5)CC3)ncnc21. The van der Waals surface area contributed by atoms with Crippen LogP contribution in [0.4, 0.5) is 11.6 Å². The summed E-state index contributed by atoms with van der Waals surface area (Å²) in [6, 6.07) is 0. The van der Waals surface area contributed by atoms with Crippen molar-refractivity contribution in [2.45, 2.75) is 32.7 Å². The van der Waals surface area contributed by atoms with Gasteiger partial charge in [-0.25, -0.2) is 24.9 Å². The fraction of sp³-hybridized carbons (Fsp3) is 0.500. The Kier molecular flexibility index (Phi) is 3.69. The zero-order chi connectivity index (χ0) is 17.5. The number of imidazole rings is 1. The summed E-state index contributed by atoms with van der Waals surface area (Å²) in [7, 11) is 0. The molecule has 4 heterocycles. The van der Waals surface area contributed by atoms with Gasteiger partial charge in [-0.1, -0.05) is 0 Å². The predicted octanol–water partition coefficient (Wildman–Crippen LogP) is 1.45. The van der Waals surface area contributed by atoms with Crippen molar-refractivity contribution in [1.29, 1.82) is 0 Å². The molecule has 8 heteroatoms. The lowest BCUT2D eigenvalue weighted by Gasteiger charge is -2.36. The third-order valence-electron chi connectivity index (χ3n) is 5.45. The highest BCUT2D eigenvalue weighted by atomic mass is 15.3. The van der Waals surface area contributed by atoms with Crippen LogP contribution in [0.3, 0.4) is 0 Å². The Morgan fingerprint density at radius 3 is 2.38 bits per heavy atom. The second-order valence-corrected chi connectivity index (χ2v) is 6.85. The molecule has 0 radical (unpaired) electrons. The zero-order valence-electron chi connectivity index (χ0n) is 15.0. The van der Waals surface area contributed by atoms with Gasteiger partial charge in [-0.3, -0.25) is 0 Å². The van der Waals surface area contributed by atoms with E-state index >= 15 is 0 Å². The fourth-order valence-electron chi connectivity index (χ4n) is 4.08. The first-order valence-corrected chi connectivity index (χ1v) is 9.33.